The Hall–Kier alpha value is -3.13. The molecule has 6 nitrogen and oxygen atoms in total. The lowest BCUT2D eigenvalue weighted by Crippen LogP contribution is -2.07. The van der Waals surface area contributed by atoms with Crippen LogP contribution in [0.2, 0.25) is 0 Å². The number of ketones is 1. The normalized spacial score (nSPS) is 11.1. The molecule has 4 rings (SSSR count). The summed E-state index contributed by atoms with van der Waals surface area (Å²) in [5.41, 5.74) is 2.74. The third-order valence-electron chi connectivity index (χ3n) is 4.61. The summed E-state index contributed by atoms with van der Waals surface area (Å²) >= 11 is 1.13. The van der Waals surface area contributed by atoms with E-state index in [1.54, 1.807) is 24.5 Å². The van der Waals surface area contributed by atoms with Gasteiger partial charge in [-0.05, 0) is 44.2 Å². The molecule has 0 bridgehead atoms. The Morgan fingerprint density at radius 1 is 1.17 bits per heavy atom. The van der Waals surface area contributed by atoms with Crippen molar-refractivity contribution in [3.63, 3.8) is 0 Å². The van der Waals surface area contributed by atoms with Crippen molar-refractivity contribution in [3.05, 3.63) is 77.3 Å². The lowest BCUT2D eigenvalue weighted by Gasteiger charge is -2.07. The number of halogens is 1. The van der Waals surface area contributed by atoms with Gasteiger partial charge in [-0.3, -0.25) is 4.79 Å². The third-order valence-corrected chi connectivity index (χ3v) is 5.42. The molecule has 0 amide bonds. The Morgan fingerprint density at radius 2 is 2.00 bits per heavy atom. The number of furan rings is 1. The fraction of sp³-hybridized carbons (Fsp3) is 0.190. The molecule has 0 aliphatic heterocycles. The first kappa shape index (κ1) is 19.2. The van der Waals surface area contributed by atoms with Crippen LogP contribution >= 0.6 is 11.8 Å². The summed E-state index contributed by atoms with van der Waals surface area (Å²) in [6.07, 6.45) is 1.63. The number of carbonyl (C=O) groups excluding carboxylic acids is 1. The minimum atomic E-state index is -0.437. The molecule has 0 unspecified atom stereocenters. The lowest BCUT2D eigenvalue weighted by molar-refractivity contribution is 0.102. The Morgan fingerprint density at radius 3 is 2.76 bits per heavy atom. The quantitative estimate of drug-likeness (QED) is 0.318. The van der Waals surface area contributed by atoms with E-state index >= 15 is 0 Å². The van der Waals surface area contributed by atoms with E-state index in [0.29, 0.717) is 12.1 Å². The average Bonchev–Trinajstić information content (AvgIpc) is 3.44. The van der Waals surface area contributed by atoms with Crippen LogP contribution < -0.4 is 0 Å². The molecule has 0 saturated carbocycles. The molecule has 29 heavy (non-hydrogen) atoms. The molecular weight excluding hydrogens is 393 g/mol. The standard InChI is InChI=1S/C21H18FN3O3S/c1-13-10-17(14(2)25(13)11-15-6-5-9-27-15)19(26)12-29-21-24-23-20(28-21)16-7-3-4-8-18(16)22/h3-10H,11-12H2,1-2H3. The molecule has 0 spiro atoms. The fourth-order valence-electron chi connectivity index (χ4n) is 3.10. The number of benzene rings is 1. The molecule has 0 radical (unpaired) electrons. The highest BCUT2D eigenvalue weighted by atomic mass is 32.2. The number of hydrogen-bond donors (Lipinski definition) is 0. The number of aromatic nitrogens is 3. The SMILES string of the molecule is Cc1cc(C(=O)CSc2nnc(-c3ccccc3F)o2)c(C)n1Cc1ccco1. The monoisotopic (exact) mass is 411 g/mol. The molecule has 0 fully saturated rings. The van der Waals surface area contributed by atoms with E-state index in [1.165, 1.54) is 6.07 Å². The minimum Gasteiger partial charge on any atom is -0.467 e. The van der Waals surface area contributed by atoms with Gasteiger partial charge in [-0.2, -0.15) is 0 Å². The average molecular weight is 411 g/mol. The van der Waals surface area contributed by atoms with Crippen LogP contribution in [0.3, 0.4) is 0 Å². The van der Waals surface area contributed by atoms with Gasteiger partial charge in [0.15, 0.2) is 5.78 Å². The van der Waals surface area contributed by atoms with Crippen molar-refractivity contribution in [2.75, 3.05) is 5.75 Å². The van der Waals surface area contributed by atoms with E-state index in [1.807, 2.05) is 36.6 Å². The van der Waals surface area contributed by atoms with Crippen molar-refractivity contribution in [1.82, 2.24) is 14.8 Å². The summed E-state index contributed by atoms with van der Waals surface area (Å²) in [4.78, 5) is 12.7. The van der Waals surface area contributed by atoms with Crippen LogP contribution in [0.1, 0.15) is 27.5 Å². The summed E-state index contributed by atoms with van der Waals surface area (Å²) in [7, 11) is 0. The van der Waals surface area contributed by atoms with E-state index in [2.05, 4.69) is 10.2 Å². The number of hydrogen-bond acceptors (Lipinski definition) is 6. The van der Waals surface area contributed by atoms with Gasteiger partial charge in [-0.25, -0.2) is 4.39 Å². The second-order valence-electron chi connectivity index (χ2n) is 6.52. The van der Waals surface area contributed by atoms with E-state index in [9.17, 15) is 9.18 Å². The van der Waals surface area contributed by atoms with Gasteiger partial charge in [-0.15, -0.1) is 10.2 Å². The van der Waals surface area contributed by atoms with Crippen LogP contribution in [0, 0.1) is 19.7 Å². The number of carbonyl (C=O) groups is 1. The summed E-state index contributed by atoms with van der Waals surface area (Å²) in [6.45, 7) is 4.44. The first-order valence-electron chi connectivity index (χ1n) is 8.96. The highest BCUT2D eigenvalue weighted by molar-refractivity contribution is 7.99. The van der Waals surface area contributed by atoms with Crippen LogP contribution in [0.5, 0.6) is 0 Å². The zero-order chi connectivity index (χ0) is 20.4. The van der Waals surface area contributed by atoms with Crippen molar-refractivity contribution >= 4 is 17.5 Å². The van der Waals surface area contributed by atoms with Gasteiger partial charge in [-0.1, -0.05) is 23.9 Å². The minimum absolute atomic E-state index is 0.0422. The zero-order valence-electron chi connectivity index (χ0n) is 15.9. The first-order chi connectivity index (χ1) is 14.0. The Bertz CT molecular complexity index is 1150. The van der Waals surface area contributed by atoms with Crippen molar-refractivity contribution in [2.24, 2.45) is 0 Å². The van der Waals surface area contributed by atoms with Gasteiger partial charge in [0.05, 0.1) is 24.1 Å². The van der Waals surface area contributed by atoms with Gasteiger partial charge >= 0.3 is 0 Å². The fourth-order valence-corrected chi connectivity index (χ4v) is 3.75. The molecule has 3 heterocycles. The molecular formula is C21H18FN3O3S. The van der Waals surface area contributed by atoms with Crippen LogP contribution in [0.15, 0.2) is 62.8 Å². The van der Waals surface area contributed by atoms with E-state index in [4.69, 9.17) is 8.83 Å². The van der Waals surface area contributed by atoms with E-state index in [0.717, 1.165) is 28.9 Å². The van der Waals surface area contributed by atoms with E-state index < -0.39 is 5.82 Å². The molecule has 0 saturated heterocycles. The van der Waals surface area contributed by atoms with Crippen molar-refractivity contribution in [1.29, 1.82) is 0 Å². The summed E-state index contributed by atoms with van der Waals surface area (Å²) in [6, 6.07) is 11.8. The molecule has 8 heteroatoms. The summed E-state index contributed by atoms with van der Waals surface area (Å²) < 4.78 is 26.8. The van der Waals surface area contributed by atoms with Gasteiger partial charge in [0.2, 0.25) is 0 Å². The smallest absolute Gasteiger partial charge is 0.277 e. The molecule has 4 aromatic rings. The Balaban J connectivity index is 1.45. The topological polar surface area (TPSA) is 74.1 Å². The van der Waals surface area contributed by atoms with Crippen molar-refractivity contribution < 1.29 is 18.0 Å². The predicted octanol–water partition coefficient (Wildman–Crippen LogP) is 4.91. The second kappa shape index (κ2) is 8.08. The molecule has 148 valence electrons. The number of Topliss-reactive ketones (excluding diaryl/α,β-unsaturated/α-hetero) is 1. The maximum Gasteiger partial charge on any atom is 0.277 e. The highest BCUT2D eigenvalue weighted by Gasteiger charge is 2.19. The van der Waals surface area contributed by atoms with Crippen molar-refractivity contribution in [3.8, 4) is 11.5 Å². The number of nitrogens with zero attached hydrogens (tertiary/aromatic N) is 3. The second-order valence-corrected chi connectivity index (χ2v) is 7.44. The Labute approximate surface area is 170 Å². The van der Waals surface area contributed by atoms with Gasteiger partial charge in [0.1, 0.15) is 11.6 Å². The molecule has 0 aliphatic rings. The summed E-state index contributed by atoms with van der Waals surface area (Å²) in [5.74, 6) is 0.581. The lowest BCUT2D eigenvalue weighted by atomic mass is 10.2. The molecule has 1 aromatic carbocycles. The maximum atomic E-state index is 13.8. The van der Waals surface area contributed by atoms with Gasteiger partial charge < -0.3 is 13.4 Å². The van der Waals surface area contributed by atoms with Crippen LogP contribution in [0.25, 0.3) is 11.5 Å². The molecule has 0 aliphatic carbocycles. The van der Waals surface area contributed by atoms with Crippen molar-refractivity contribution in [2.45, 2.75) is 25.6 Å². The number of aryl methyl sites for hydroxylation is 1. The largest absolute Gasteiger partial charge is 0.467 e. The van der Waals surface area contributed by atoms with Gasteiger partial charge in [0.25, 0.3) is 11.1 Å². The number of rotatable bonds is 7. The first-order valence-corrected chi connectivity index (χ1v) is 9.95. The predicted molar refractivity (Wildman–Crippen MR) is 106 cm³/mol. The highest BCUT2D eigenvalue weighted by Crippen LogP contribution is 2.26. The zero-order valence-corrected chi connectivity index (χ0v) is 16.7. The van der Waals surface area contributed by atoms with Crippen LogP contribution in [-0.4, -0.2) is 26.3 Å². The molecule has 0 N–H and O–H groups in total. The summed E-state index contributed by atoms with van der Waals surface area (Å²) in [5, 5.41) is 8.00. The van der Waals surface area contributed by atoms with Crippen LogP contribution in [0.4, 0.5) is 4.39 Å². The molecule has 0 atom stereocenters. The third kappa shape index (κ3) is 4.02. The van der Waals surface area contributed by atoms with Gasteiger partial charge in [0, 0.05) is 17.0 Å². The maximum absolute atomic E-state index is 13.8. The van der Waals surface area contributed by atoms with E-state index in [-0.39, 0.29) is 28.2 Å². The Kier molecular flexibility index (Phi) is 5.35. The number of thioether (sulfide) groups is 1. The molecule has 3 aromatic heterocycles. The van der Waals surface area contributed by atoms with Crippen LogP contribution in [-0.2, 0) is 6.54 Å².